The van der Waals surface area contributed by atoms with E-state index < -0.39 is 171 Å². The number of hydrogen-bond acceptors (Lipinski definition) is 23. The van der Waals surface area contributed by atoms with Crippen LogP contribution < -0.4 is 0 Å². The molecule has 4 aliphatic heterocycles. The maximum absolute atomic E-state index is 12.8. The molecule has 446 valence electrons. The van der Waals surface area contributed by atoms with E-state index in [0.29, 0.717) is 38.5 Å². The fourth-order valence-electron chi connectivity index (χ4n) is 16.2. The first-order valence-electron chi connectivity index (χ1n) is 27.9. The lowest BCUT2D eigenvalue weighted by atomic mass is 9.35. The molecule has 0 bridgehead atoms. The molecule has 0 aromatic carbocycles. The van der Waals surface area contributed by atoms with Crippen LogP contribution in [0.3, 0.4) is 0 Å². The van der Waals surface area contributed by atoms with E-state index in [1.54, 1.807) is 0 Å². The zero-order valence-corrected chi connectivity index (χ0v) is 45.8. The lowest BCUT2D eigenvalue weighted by molar-refractivity contribution is -0.378. The minimum Gasteiger partial charge on any atom is -0.394 e. The van der Waals surface area contributed by atoms with Crippen LogP contribution in [0.4, 0.5) is 0 Å². The molecule has 4 heterocycles. The molecule has 0 radical (unpaired) electrons. The van der Waals surface area contributed by atoms with E-state index in [0.717, 1.165) is 24.8 Å². The predicted octanol–water partition coefficient (Wildman–Crippen LogP) is -2.20. The molecular weight excluding hydrogens is 1020 g/mol. The fourth-order valence-corrected chi connectivity index (χ4v) is 16.2. The third kappa shape index (κ3) is 10.9. The number of allylic oxidation sites excluding steroid dienone is 1. The van der Waals surface area contributed by atoms with Crippen molar-refractivity contribution < 1.29 is 114 Å². The Hall–Kier alpha value is -1.18. The van der Waals surface area contributed by atoms with Crippen LogP contribution in [0.5, 0.6) is 0 Å². The number of ether oxygens (including phenoxy) is 8. The average molecular weight is 1110 g/mol. The summed E-state index contributed by atoms with van der Waals surface area (Å²) in [6.07, 6.45) is -24.7. The van der Waals surface area contributed by atoms with E-state index in [1.165, 1.54) is 6.92 Å². The van der Waals surface area contributed by atoms with Crippen molar-refractivity contribution in [3.8, 4) is 0 Å². The molecular formula is C54H92O23. The normalized spacial score (nSPS) is 53.0. The van der Waals surface area contributed by atoms with Crippen molar-refractivity contribution in [2.24, 2.45) is 45.3 Å². The van der Waals surface area contributed by atoms with Crippen LogP contribution in [0, 0.1) is 45.3 Å². The second-order valence-electron chi connectivity index (χ2n) is 25.7. The van der Waals surface area contributed by atoms with E-state index in [1.807, 2.05) is 19.9 Å². The largest absolute Gasteiger partial charge is 0.394 e. The van der Waals surface area contributed by atoms with Crippen molar-refractivity contribution in [2.45, 2.75) is 254 Å². The number of fused-ring (bicyclic) bond motifs is 5. The van der Waals surface area contributed by atoms with Crippen molar-refractivity contribution in [2.75, 3.05) is 26.4 Å². The zero-order chi connectivity index (χ0) is 56.6. The Kier molecular flexibility index (Phi) is 18.9. The zero-order valence-electron chi connectivity index (χ0n) is 45.8. The smallest absolute Gasteiger partial charge is 0.187 e. The van der Waals surface area contributed by atoms with Crippen molar-refractivity contribution in [3.63, 3.8) is 0 Å². The molecule has 30 atom stereocenters. The highest BCUT2D eigenvalue weighted by Crippen LogP contribution is 2.76. The lowest BCUT2D eigenvalue weighted by Gasteiger charge is -2.71. The fraction of sp³-hybridized carbons (Fsp3) is 0.963. The number of aliphatic hydroxyl groups excluding tert-OH is 15. The SMILES string of the molecule is C/C(=C\CCC(C)(O[C@@H]1O[C@H](CO[C@@H]2O[C@H](C)[C@@H](O)[C@@H](O)[C@H]2O)[C@@H](O)[C@@H](O)[C@H]1O)C1CCC2(C)C1C(O)CC1C3(C)CCC(O[C@@H]4O[C@H](CO)[C@@H](O)[C@@H](O)[C@H]4O[C@@H]4O[C@H](CO)[C@@H](O)[C@H](O)[C@H]4O)C(C)(C)C3CCC12C)CO. The summed E-state index contributed by atoms with van der Waals surface area (Å²) in [6.45, 7) is 14.4. The van der Waals surface area contributed by atoms with Gasteiger partial charge in [-0.2, -0.15) is 0 Å². The number of rotatable bonds is 16. The Balaban J connectivity index is 1.02. The molecule has 8 aliphatic rings. The molecule has 8 fully saturated rings. The van der Waals surface area contributed by atoms with Crippen molar-refractivity contribution >= 4 is 0 Å². The molecule has 4 saturated heterocycles. The minimum atomic E-state index is -1.82. The van der Waals surface area contributed by atoms with Gasteiger partial charge in [-0.25, -0.2) is 0 Å². The van der Waals surface area contributed by atoms with Crippen LogP contribution in [-0.2, 0) is 37.9 Å². The Morgan fingerprint density at radius 1 is 0.584 bits per heavy atom. The Bertz CT molecular complexity index is 2000. The third-order valence-electron chi connectivity index (χ3n) is 21.0. The summed E-state index contributed by atoms with van der Waals surface area (Å²) in [7, 11) is 0. The van der Waals surface area contributed by atoms with Crippen LogP contribution in [0.2, 0.25) is 0 Å². The Morgan fingerprint density at radius 3 is 1.78 bits per heavy atom. The maximum atomic E-state index is 12.8. The van der Waals surface area contributed by atoms with Gasteiger partial charge < -0.3 is 114 Å². The topological polar surface area (TPSA) is 377 Å². The molecule has 4 saturated carbocycles. The van der Waals surface area contributed by atoms with E-state index in [4.69, 9.17) is 37.9 Å². The maximum Gasteiger partial charge on any atom is 0.187 e. The molecule has 10 unspecified atom stereocenters. The highest BCUT2D eigenvalue weighted by atomic mass is 16.8. The van der Waals surface area contributed by atoms with Gasteiger partial charge in [0.1, 0.15) is 91.6 Å². The standard InChI is InChI=1S/C54H92O23/c1-23(19-55)10-9-14-54(8,77-48-44(69)40(65)37(62)29(74-48)22-70-46-42(67)38(63)34(59)24(2)71-46)25-11-16-53(7)33(25)26(58)18-31-51(5)15-13-32(50(3,4)30(51)12-17-52(31,53)6)75-49-45(41(66)36(61)28(21-57)73-49)76-47-43(68)39(64)35(60)27(20-56)72-47/h10,24-49,55-69H,9,11-22H2,1-8H3/b23-10+/t24-,25?,26?,27-,28-,29-,30?,31?,32?,33?,34-,35-,36-,37-,38-,39+,40-,41-,42-,43-,44-,45-,46-,47+,48+,49+,51?,52?,53?,54?/m1/s1. The molecule has 15 N–H and O–H groups in total. The van der Waals surface area contributed by atoms with E-state index >= 15 is 0 Å². The quantitative estimate of drug-likeness (QED) is 0.0576. The first kappa shape index (κ1) is 61.9. The molecule has 0 aromatic rings. The van der Waals surface area contributed by atoms with Gasteiger partial charge in [-0.1, -0.05) is 46.3 Å². The van der Waals surface area contributed by atoms with Gasteiger partial charge in [0.2, 0.25) is 0 Å². The minimum absolute atomic E-state index is 0.0233. The number of hydrogen-bond donors (Lipinski definition) is 15. The predicted molar refractivity (Wildman–Crippen MR) is 266 cm³/mol. The van der Waals surface area contributed by atoms with Gasteiger partial charge in [-0.3, -0.25) is 0 Å². The molecule has 0 spiro atoms. The van der Waals surface area contributed by atoms with Crippen molar-refractivity contribution in [1.82, 2.24) is 0 Å². The van der Waals surface area contributed by atoms with Crippen LogP contribution in [-0.4, -0.2) is 244 Å². The first-order chi connectivity index (χ1) is 36.0. The van der Waals surface area contributed by atoms with Crippen molar-refractivity contribution in [3.05, 3.63) is 11.6 Å². The lowest BCUT2D eigenvalue weighted by Crippen LogP contribution is -2.68. The highest BCUT2D eigenvalue weighted by molar-refractivity contribution is 5.21. The van der Waals surface area contributed by atoms with Crippen LogP contribution in [0.25, 0.3) is 0 Å². The molecule has 4 aliphatic carbocycles. The van der Waals surface area contributed by atoms with Gasteiger partial charge in [-0.15, -0.1) is 0 Å². The first-order valence-corrected chi connectivity index (χ1v) is 27.9. The van der Waals surface area contributed by atoms with E-state index in [2.05, 4.69) is 34.6 Å². The average Bonchev–Trinajstić information content (AvgIpc) is 3.92. The summed E-state index contributed by atoms with van der Waals surface area (Å²) in [5.41, 5.74) is -2.05. The number of aliphatic hydroxyl groups is 15. The summed E-state index contributed by atoms with van der Waals surface area (Å²) in [6, 6.07) is 0. The summed E-state index contributed by atoms with van der Waals surface area (Å²) in [5.74, 6) is -0.566. The molecule has 0 amide bonds. The van der Waals surface area contributed by atoms with Gasteiger partial charge in [0.25, 0.3) is 0 Å². The van der Waals surface area contributed by atoms with Gasteiger partial charge in [0.05, 0.1) is 50.3 Å². The van der Waals surface area contributed by atoms with Crippen LogP contribution in [0.1, 0.15) is 113 Å². The highest BCUT2D eigenvalue weighted by Gasteiger charge is 2.72. The van der Waals surface area contributed by atoms with Gasteiger partial charge in [0.15, 0.2) is 25.2 Å². The van der Waals surface area contributed by atoms with Crippen LogP contribution >= 0.6 is 0 Å². The van der Waals surface area contributed by atoms with Gasteiger partial charge in [-0.05, 0) is 124 Å². The summed E-state index contributed by atoms with van der Waals surface area (Å²) >= 11 is 0. The Morgan fingerprint density at radius 2 is 1.14 bits per heavy atom. The molecule has 23 nitrogen and oxygen atoms in total. The molecule has 77 heavy (non-hydrogen) atoms. The second-order valence-corrected chi connectivity index (χ2v) is 25.7. The molecule has 23 heteroatoms. The van der Waals surface area contributed by atoms with Gasteiger partial charge in [0, 0.05) is 0 Å². The second kappa shape index (κ2) is 23.5. The molecule has 0 aromatic heterocycles. The summed E-state index contributed by atoms with van der Waals surface area (Å²) < 4.78 is 49.0. The Labute approximate surface area is 450 Å². The third-order valence-corrected chi connectivity index (χ3v) is 21.0. The monoisotopic (exact) mass is 1110 g/mol. The van der Waals surface area contributed by atoms with Crippen molar-refractivity contribution in [1.29, 1.82) is 0 Å². The van der Waals surface area contributed by atoms with E-state index in [9.17, 15) is 76.6 Å². The van der Waals surface area contributed by atoms with Crippen LogP contribution in [0.15, 0.2) is 11.6 Å². The molecule has 8 rings (SSSR count). The van der Waals surface area contributed by atoms with Gasteiger partial charge >= 0.3 is 0 Å². The summed E-state index contributed by atoms with van der Waals surface area (Å²) in [5, 5.41) is 162. The van der Waals surface area contributed by atoms with E-state index in [-0.39, 0.29) is 41.1 Å². The summed E-state index contributed by atoms with van der Waals surface area (Å²) in [4.78, 5) is 0.